The van der Waals surface area contributed by atoms with Crippen LogP contribution in [0, 0.1) is 0 Å². The highest BCUT2D eigenvalue weighted by Crippen LogP contribution is 2.25. The molecule has 0 saturated carbocycles. The van der Waals surface area contributed by atoms with Crippen LogP contribution >= 0.6 is 27.7 Å². The first kappa shape index (κ1) is 12.6. The van der Waals surface area contributed by atoms with Crippen molar-refractivity contribution in [2.75, 3.05) is 17.6 Å². The van der Waals surface area contributed by atoms with Crippen molar-refractivity contribution in [3.63, 3.8) is 0 Å². The lowest BCUT2D eigenvalue weighted by molar-refractivity contribution is -0.124. The Labute approximate surface area is 113 Å². The van der Waals surface area contributed by atoms with E-state index in [2.05, 4.69) is 15.9 Å². The molecule has 5 heteroatoms. The highest BCUT2D eigenvalue weighted by atomic mass is 79.9. The van der Waals surface area contributed by atoms with E-state index in [0.717, 1.165) is 22.7 Å². The molecule has 1 aromatic carbocycles. The van der Waals surface area contributed by atoms with E-state index in [4.69, 9.17) is 0 Å². The van der Waals surface area contributed by atoms with Gasteiger partial charge in [0.15, 0.2) is 0 Å². The average molecular weight is 314 g/mol. The third kappa shape index (κ3) is 2.90. The van der Waals surface area contributed by atoms with Gasteiger partial charge >= 0.3 is 0 Å². The predicted octanol–water partition coefficient (Wildman–Crippen LogP) is 2.86. The van der Waals surface area contributed by atoms with Crippen LogP contribution in [0.25, 0.3) is 0 Å². The fraction of sp³-hybridized carbons (Fsp3) is 0.333. The number of amides is 2. The van der Waals surface area contributed by atoms with Crippen LogP contribution in [-0.2, 0) is 4.79 Å². The van der Waals surface area contributed by atoms with Gasteiger partial charge in [0, 0.05) is 17.8 Å². The third-order valence-electron chi connectivity index (χ3n) is 2.70. The Morgan fingerprint density at radius 2 is 2.00 bits per heavy atom. The standard InChI is InChI=1S/C12H12BrNO2S/c13-6-10(9-4-2-1-3-5-9)7-14-11(15)8-17-12(14)16/h1-5,10H,6-8H2. The van der Waals surface area contributed by atoms with E-state index in [1.165, 1.54) is 4.90 Å². The Morgan fingerprint density at radius 3 is 2.53 bits per heavy atom. The zero-order valence-electron chi connectivity index (χ0n) is 9.14. The molecule has 0 aliphatic carbocycles. The Hall–Kier alpha value is -0.810. The molecule has 17 heavy (non-hydrogen) atoms. The number of alkyl halides is 1. The molecule has 0 spiro atoms. The van der Waals surface area contributed by atoms with Crippen molar-refractivity contribution < 1.29 is 9.59 Å². The summed E-state index contributed by atoms with van der Waals surface area (Å²) in [6, 6.07) is 9.92. The molecule has 1 aliphatic heterocycles. The van der Waals surface area contributed by atoms with Crippen molar-refractivity contribution in [2.24, 2.45) is 0 Å². The minimum absolute atomic E-state index is 0.0816. The molecule has 2 rings (SSSR count). The van der Waals surface area contributed by atoms with Crippen LogP contribution in [0.5, 0.6) is 0 Å². The van der Waals surface area contributed by atoms with E-state index in [9.17, 15) is 9.59 Å². The quantitative estimate of drug-likeness (QED) is 0.802. The van der Waals surface area contributed by atoms with Gasteiger partial charge in [-0.3, -0.25) is 14.5 Å². The van der Waals surface area contributed by atoms with Gasteiger partial charge in [-0.05, 0) is 5.56 Å². The van der Waals surface area contributed by atoms with Crippen molar-refractivity contribution in [1.82, 2.24) is 4.90 Å². The topological polar surface area (TPSA) is 37.4 Å². The van der Waals surface area contributed by atoms with Crippen LogP contribution in [0.15, 0.2) is 30.3 Å². The molecule has 0 aromatic heterocycles. The van der Waals surface area contributed by atoms with Gasteiger partial charge in [0.1, 0.15) is 0 Å². The van der Waals surface area contributed by atoms with Gasteiger partial charge in [-0.15, -0.1) is 0 Å². The number of halogens is 1. The summed E-state index contributed by atoms with van der Waals surface area (Å²) in [5.41, 5.74) is 1.14. The maximum Gasteiger partial charge on any atom is 0.288 e. The summed E-state index contributed by atoms with van der Waals surface area (Å²) < 4.78 is 0. The minimum atomic E-state index is -0.128. The fourth-order valence-electron chi connectivity index (χ4n) is 1.75. The number of imide groups is 1. The summed E-state index contributed by atoms with van der Waals surface area (Å²) in [7, 11) is 0. The summed E-state index contributed by atoms with van der Waals surface area (Å²) in [5, 5.41) is 0.607. The summed E-state index contributed by atoms with van der Waals surface area (Å²) in [6.07, 6.45) is 0. The lowest BCUT2D eigenvalue weighted by atomic mass is 10.0. The first-order chi connectivity index (χ1) is 8.22. The second-order valence-electron chi connectivity index (χ2n) is 3.82. The summed E-state index contributed by atoms with van der Waals surface area (Å²) in [5.74, 6) is 0.354. The van der Waals surface area contributed by atoms with Gasteiger partial charge in [0.05, 0.1) is 5.75 Å². The molecule has 3 nitrogen and oxygen atoms in total. The Kier molecular flexibility index (Phi) is 4.23. The molecule has 2 amide bonds. The van der Waals surface area contributed by atoms with Crippen LogP contribution < -0.4 is 0 Å². The number of hydrogen-bond donors (Lipinski definition) is 0. The van der Waals surface area contributed by atoms with E-state index in [1.807, 2.05) is 30.3 Å². The van der Waals surface area contributed by atoms with Gasteiger partial charge in [0.25, 0.3) is 5.24 Å². The average Bonchev–Trinajstić information content (AvgIpc) is 2.68. The SMILES string of the molecule is O=C1CSC(=O)N1CC(CBr)c1ccccc1. The number of thioether (sulfide) groups is 1. The molecule has 1 heterocycles. The Balaban J connectivity index is 2.10. The molecule has 0 radical (unpaired) electrons. The first-order valence-electron chi connectivity index (χ1n) is 5.30. The van der Waals surface area contributed by atoms with E-state index in [0.29, 0.717) is 6.54 Å². The van der Waals surface area contributed by atoms with Crippen molar-refractivity contribution in [1.29, 1.82) is 0 Å². The zero-order valence-corrected chi connectivity index (χ0v) is 11.5. The normalized spacial score (nSPS) is 17.6. The van der Waals surface area contributed by atoms with Crippen molar-refractivity contribution >= 4 is 38.8 Å². The lowest BCUT2D eigenvalue weighted by Crippen LogP contribution is -2.33. The van der Waals surface area contributed by atoms with E-state index < -0.39 is 0 Å². The van der Waals surface area contributed by atoms with E-state index in [1.54, 1.807) is 0 Å². The molecule has 0 N–H and O–H groups in total. The van der Waals surface area contributed by atoms with Crippen LogP contribution in [0.4, 0.5) is 4.79 Å². The summed E-state index contributed by atoms with van der Waals surface area (Å²) >= 11 is 4.53. The van der Waals surface area contributed by atoms with E-state index >= 15 is 0 Å². The van der Waals surface area contributed by atoms with Crippen molar-refractivity contribution in [3.05, 3.63) is 35.9 Å². The van der Waals surface area contributed by atoms with Gasteiger partial charge in [-0.1, -0.05) is 58.0 Å². The molecule has 0 bridgehead atoms. The predicted molar refractivity (Wildman–Crippen MR) is 72.5 cm³/mol. The number of carbonyl (C=O) groups is 2. The van der Waals surface area contributed by atoms with Crippen molar-refractivity contribution in [3.8, 4) is 0 Å². The van der Waals surface area contributed by atoms with Crippen LogP contribution in [0.3, 0.4) is 0 Å². The van der Waals surface area contributed by atoms with Gasteiger partial charge < -0.3 is 0 Å². The molecule has 1 unspecified atom stereocenters. The van der Waals surface area contributed by atoms with Crippen LogP contribution in [0.1, 0.15) is 11.5 Å². The highest BCUT2D eigenvalue weighted by Gasteiger charge is 2.31. The second kappa shape index (κ2) is 5.69. The molecule has 1 saturated heterocycles. The smallest absolute Gasteiger partial charge is 0.273 e. The Morgan fingerprint density at radius 1 is 1.29 bits per heavy atom. The molecular weight excluding hydrogens is 302 g/mol. The van der Waals surface area contributed by atoms with E-state index in [-0.39, 0.29) is 22.8 Å². The number of benzene rings is 1. The second-order valence-corrected chi connectivity index (χ2v) is 5.39. The highest BCUT2D eigenvalue weighted by molar-refractivity contribution is 9.09. The maximum atomic E-state index is 11.5. The van der Waals surface area contributed by atoms with Crippen molar-refractivity contribution in [2.45, 2.75) is 5.92 Å². The fourth-order valence-corrected chi connectivity index (χ4v) is 3.06. The molecular formula is C12H12BrNO2S. The number of nitrogens with zero attached hydrogens (tertiary/aromatic N) is 1. The van der Waals surface area contributed by atoms with Gasteiger partial charge in [0.2, 0.25) is 5.91 Å². The largest absolute Gasteiger partial charge is 0.288 e. The zero-order chi connectivity index (χ0) is 12.3. The molecule has 1 fully saturated rings. The van der Waals surface area contributed by atoms with Gasteiger partial charge in [-0.2, -0.15) is 0 Å². The molecule has 1 aliphatic rings. The Bertz CT molecular complexity index is 408. The monoisotopic (exact) mass is 313 g/mol. The van der Waals surface area contributed by atoms with Crippen LogP contribution in [0.2, 0.25) is 0 Å². The lowest BCUT2D eigenvalue weighted by Gasteiger charge is -2.20. The van der Waals surface area contributed by atoms with Gasteiger partial charge in [-0.25, -0.2) is 0 Å². The maximum absolute atomic E-state index is 11.5. The van der Waals surface area contributed by atoms with Crippen LogP contribution in [-0.4, -0.2) is 33.7 Å². The minimum Gasteiger partial charge on any atom is -0.273 e. The first-order valence-corrected chi connectivity index (χ1v) is 7.41. The summed E-state index contributed by atoms with van der Waals surface area (Å²) in [4.78, 5) is 24.4. The summed E-state index contributed by atoms with van der Waals surface area (Å²) in [6.45, 7) is 0.458. The molecule has 90 valence electrons. The third-order valence-corrected chi connectivity index (χ3v) is 4.34. The number of rotatable bonds is 4. The molecule has 1 atom stereocenters. The number of carbonyl (C=O) groups excluding carboxylic acids is 2. The molecule has 1 aromatic rings. The number of hydrogen-bond acceptors (Lipinski definition) is 3.